The van der Waals surface area contributed by atoms with Gasteiger partial charge >= 0.3 is 0 Å². The van der Waals surface area contributed by atoms with Gasteiger partial charge in [0, 0.05) is 11.8 Å². The molecule has 1 aromatic heterocycles. The molecule has 0 aromatic carbocycles. The van der Waals surface area contributed by atoms with Crippen LogP contribution in [0.3, 0.4) is 0 Å². The maximum atomic E-state index is 11.2. The van der Waals surface area contributed by atoms with E-state index in [0.717, 1.165) is 5.69 Å². The quantitative estimate of drug-likeness (QED) is 0.460. The fraction of sp³-hybridized carbons (Fsp3) is 0.333. The largest absolute Gasteiger partial charge is 0.308 e. The Kier molecular flexibility index (Phi) is 3.70. The van der Waals surface area contributed by atoms with Crippen molar-refractivity contribution in [1.82, 2.24) is 15.5 Å². The van der Waals surface area contributed by atoms with E-state index in [1.54, 1.807) is 6.07 Å². The number of hydrogen-bond donors (Lipinski definition) is 3. The van der Waals surface area contributed by atoms with Crippen LogP contribution in [-0.2, 0) is 4.79 Å². The second-order valence-electron chi connectivity index (χ2n) is 2.79. The first-order valence-electron chi connectivity index (χ1n) is 4.18. The topological polar surface area (TPSA) is 69.8 Å². The van der Waals surface area contributed by atoms with Gasteiger partial charge in [-0.2, -0.15) is 5.10 Å². The average Bonchev–Trinajstić information content (AvgIpc) is 2.52. The van der Waals surface area contributed by atoms with Gasteiger partial charge in [-0.3, -0.25) is 15.2 Å². The summed E-state index contributed by atoms with van der Waals surface area (Å²) in [6, 6.07) is 1.75. The Morgan fingerprint density at radius 1 is 1.79 bits per heavy atom. The highest BCUT2D eigenvalue weighted by Gasteiger charge is 2.02. The summed E-state index contributed by atoms with van der Waals surface area (Å²) < 4.78 is 0. The summed E-state index contributed by atoms with van der Waals surface area (Å²) in [5.74, 6) is 2.74. The standard InChI is InChI=1S/C9H12N4O/c1-3-4-10-6-9(14)11-8-5-7(2)12-13-8/h1,5,10H,4,6H2,2H3,(H2,11,12,13,14). The Labute approximate surface area is 82.3 Å². The lowest BCUT2D eigenvalue weighted by molar-refractivity contribution is -0.115. The Bertz CT molecular complexity index is 350. The molecule has 1 rings (SSSR count). The highest BCUT2D eigenvalue weighted by Crippen LogP contribution is 2.02. The third-order valence-electron chi connectivity index (χ3n) is 1.49. The summed E-state index contributed by atoms with van der Waals surface area (Å²) in [6.45, 7) is 2.43. The highest BCUT2D eigenvalue weighted by atomic mass is 16.2. The molecule has 5 nitrogen and oxygen atoms in total. The first-order chi connectivity index (χ1) is 6.72. The van der Waals surface area contributed by atoms with Crippen LogP contribution in [0.5, 0.6) is 0 Å². The van der Waals surface area contributed by atoms with E-state index in [2.05, 4.69) is 26.8 Å². The number of rotatable bonds is 4. The van der Waals surface area contributed by atoms with Crippen molar-refractivity contribution in [3.05, 3.63) is 11.8 Å². The number of aryl methyl sites for hydroxylation is 1. The number of anilines is 1. The summed E-state index contributed by atoms with van der Waals surface area (Å²) in [7, 11) is 0. The normalized spacial score (nSPS) is 9.43. The summed E-state index contributed by atoms with van der Waals surface area (Å²) in [5.41, 5.74) is 0.900. The molecular formula is C9H12N4O. The van der Waals surface area contributed by atoms with Gasteiger partial charge in [-0.05, 0) is 6.92 Å². The van der Waals surface area contributed by atoms with Gasteiger partial charge in [-0.25, -0.2) is 0 Å². The molecule has 74 valence electrons. The van der Waals surface area contributed by atoms with Crippen LogP contribution < -0.4 is 10.6 Å². The molecule has 5 heteroatoms. The van der Waals surface area contributed by atoms with E-state index in [4.69, 9.17) is 6.42 Å². The number of aromatic amines is 1. The van der Waals surface area contributed by atoms with Crippen molar-refractivity contribution in [3.63, 3.8) is 0 Å². The predicted octanol–water partition coefficient (Wildman–Crippen LogP) is -0.121. The number of aromatic nitrogens is 2. The van der Waals surface area contributed by atoms with Crippen molar-refractivity contribution in [2.75, 3.05) is 18.4 Å². The van der Waals surface area contributed by atoms with Gasteiger partial charge in [0.25, 0.3) is 0 Å². The molecule has 0 radical (unpaired) electrons. The molecule has 0 atom stereocenters. The van der Waals surface area contributed by atoms with E-state index >= 15 is 0 Å². The van der Waals surface area contributed by atoms with Crippen LogP contribution in [0, 0.1) is 19.3 Å². The molecule has 0 fully saturated rings. The Morgan fingerprint density at radius 3 is 3.14 bits per heavy atom. The van der Waals surface area contributed by atoms with Crippen LogP contribution in [0.25, 0.3) is 0 Å². The number of H-pyrrole nitrogens is 1. The fourth-order valence-corrected chi connectivity index (χ4v) is 0.917. The van der Waals surface area contributed by atoms with E-state index in [1.165, 1.54) is 0 Å². The average molecular weight is 192 g/mol. The van der Waals surface area contributed by atoms with Crippen molar-refractivity contribution < 1.29 is 4.79 Å². The fourth-order valence-electron chi connectivity index (χ4n) is 0.917. The molecular weight excluding hydrogens is 180 g/mol. The molecule has 1 aromatic rings. The number of carbonyl (C=O) groups excluding carboxylic acids is 1. The zero-order valence-corrected chi connectivity index (χ0v) is 7.92. The molecule has 0 saturated heterocycles. The minimum atomic E-state index is -0.160. The smallest absolute Gasteiger partial charge is 0.239 e. The van der Waals surface area contributed by atoms with E-state index in [-0.39, 0.29) is 12.5 Å². The number of terminal acetylenes is 1. The predicted molar refractivity (Wildman–Crippen MR) is 53.7 cm³/mol. The van der Waals surface area contributed by atoms with Crippen LogP contribution in [0.4, 0.5) is 5.82 Å². The number of hydrogen-bond acceptors (Lipinski definition) is 3. The van der Waals surface area contributed by atoms with Crippen LogP contribution in [0.2, 0.25) is 0 Å². The van der Waals surface area contributed by atoms with Gasteiger partial charge in [-0.15, -0.1) is 6.42 Å². The number of nitrogens with one attached hydrogen (secondary N) is 3. The zero-order chi connectivity index (χ0) is 10.4. The van der Waals surface area contributed by atoms with Gasteiger partial charge in [0.1, 0.15) is 0 Å². The van der Waals surface area contributed by atoms with Crippen LogP contribution >= 0.6 is 0 Å². The third kappa shape index (κ3) is 3.29. The maximum Gasteiger partial charge on any atom is 0.239 e. The minimum absolute atomic E-state index is 0.160. The lowest BCUT2D eigenvalue weighted by Crippen LogP contribution is -2.28. The molecule has 0 saturated carbocycles. The maximum absolute atomic E-state index is 11.2. The molecule has 0 aliphatic heterocycles. The zero-order valence-electron chi connectivity index (χ0n) is 7.92. The molecule has 0 bridgehead atoms. The second-order valence-corrected chi connectivity index (χ2v) is 2.79. The van der Waals surface area contributed by atoms with E-state index in [9.17, 15) is 4.79 Å². The van der Waals surface area contributed by atoms with Gasteiger partial charge in [0.15, 0.2) is 5.82 Å². The second kappa shape index (κ2) is 5.04. The number of nitrogens with zero attached hydrogens (tertiary/aromatic N) is 1. The van der Waals surface area contributed by atoms with Gasteiger partial charge < -0.3 is 5.32 Å². The molecule has 3 N–H and O–H groups in total. The minimum Gasteiger partial charge on any atom is -0.308 e. The Balaban J connectivity index is 2.31. The van der Waals surface area contributed by atoms with Crippen molar-refractivity contribution in [2.24, 2.45) is 0 Å². The third-order valence-corrected chi connectivity index (χ3v) is 1.49. The lowest BCUT2D eigenvalue weighted by Gasteiger charge is -2.00. The van der Waals surface area contributed by atoms with Crippen LogP contribution in [0.15, 0.2) is 6.07 Å². The van der Waals surface area contributed by atoms with E-state index < -0.39 is 0 Å². The molecule has 0 aliphatic carbocycles. The summed E-state index contributed by atoms with van der Waals surface area (Å²) in [5, 5.41) is 12.0. The van der Waals surface area contributed by atoms with E-state index in [0.29, 0.717) is 12.4 Å². The van der Waals surface area contributed by atoms with Crippen molar-refractivity contribution in [2.45, 2.75) is 6.92 Å². The highest BCUT2D eigenvalue weighted by molar-refractivity contribution is 5.91. The molecule has 0 unspecified atom stereocenters. The molecule has 0 spiro atoms. The van der Waals surface area contributed by atoms with Crippen LogP contribution in [0.1, 0.15) is 5.69 Å². The van der Waals surface area contributed by atoms with Crippen molar-refractivity contribution >= 4 is 11.7 Å². The Morgan fingerprint density at radius 2 is 2.57 bits per heavy atom. The van der Waals surface area contributed by atoms with Gasteiger partial charge in [-0.1, -0.05) is 5.92 Å². The lowest BCUT2D eigenvalue weighted by atomic mass is 10.4. The van der Waals surface area contributed by atoms with Crippen molar-refractivity contribution in [3.8, 4) is 12.3 Å². The molecule has 1 amide bonds. The van der Waals surface area contributed by atoms with Crippen LogP contribution in [-0.4, -0.2) is 29.2 Å². The molecule has 1 heterocycles. The van der Waals surface area contributed by atoms with E-state index in [1.807, 2.05) is 6.92 Å². The first-order valence-corrected chi connectivity index (χ1v) is 4.18. The summed E-state index contributed by atoms with van der Waals surface area (Å²) >= 11 is 0. The summed E-state index contributed by atoms with van der Waals surface area (Å²) in [6.07, 6.45) is 5.01. The summed E-state index contributed by atoms with van der Waals surface area (Å²) in [4.78, 5) is 11.2. The SMILES string of the molecule is C#CCNCC(=O)Nc1cc(C)[nH]n1. The first kappa shape index (κ1) is 10.3. The Hall–Kier alpha value is -1.80. The molecule has 0 aliphatic rings. The van der Waals surface area contributed by atoms with Crippen molar-refractivity contribution in [1.29, 1.82) is 0 Å². The number of amides is 1. The van der Waals surface area contributed by atoms with Gasteiger partial charge in [0.2, 0.25) is 5.91 Å². The number of carbonyl (C=O) groups is 1. The van der Waals surface area contributed by atoms with Gasteiger partial charge in [0.05, 0.1) is 13.1 Å². The monoisotopic (exact) mass is 192 g/mol. The molecule has 14 heavy (non-hydrogen) atoms.